The van der Waals surface area contributed by atoms with Gasteiger partial charge in [0.15, 0.2) is 17.6 Å². The van der Waals surface area contributed by atoms with Gasteiger partial charge < -0.3 is 24.3 Å². The molecule has 0 aliphatic heterocycles. The summed E-state index contributed by atoms with van der Waals surface area (Å²) in [4.78, 5) is 24.2. The molecule has 0 unspecified atom stereocenters. The maximum atomic E-state index is 12.1. The van der Waals surface area contributed by atoms with Crippen molar-refractivity contribution < 1.29 is 28.5 Å². The SMILES string of the molecule is COc1cc(CCC(=O)O[C@@H](C)C(=O)NC2CCCC2)cc(OC)c1OC. The van der Waals surface area contributed by atoms with Crippen LogP contribution in [0.4, 0.5) is 0 Å². The van der Waals surface area contributed by atoms with Gasteiger partial charge in [-0.15, -0.1) is 0 Å². The number of amides is 1. The minimum absolute atomic E-state index is 0.152. The molecule has 7 nitrogen and oxygen atoms in total. The van der Waals surface area contributed by atoms with Crippen LogP contribution in [0.15, 0.2) is 12.1 Å². The molecule has 0 heterocycles. The van der Waals surface area contributed by atoms with E-state index in [0.717, 1.165) is 31.2 Å². The Bertz CT molecular complexity index is 629. The first-order valence-corrected chi connectivity index (χ1v) is 9.27. The van der Waals surface area contributed by atoms with Gasteiger partial charge in [-0.25, -0.2) is 0 Å². The number of aryl methyl sites for hydroxylation is 1. The summed E-state index contributed by atoms with van der Waals surface area (Å²) < 4.78 is 21.2. The van der Waals surface area contributed by atoms with E-state index in [-0.39, 0.29) is 18.4 Å². The topological polar surface area (TPSA) is 83.1 Å². The Labute approximate surface area is 160 Å². The van der Waals surface area contributed by atoms with Crippen LogP contribution in [0.25, 0.3) is 0 Å². The Morgan fingerprint density at radius 2 is 1.67 bits per heavy atom. The summed E-state index contributed by atoms with van der Waals surface area (Å²) in [5.74, 6) is 0.915. The number of methoxy groups -OCH3 is 3. The average Bonchev–Trinajstić information content (AvgIpc) is 3.18. The fourth-order valence-electron chi connectivity index (χ4n) is 3.22. The highest BCUT2D eigenvalue weighted by molar-refractivity contribution is 5.83. The Balaban J connectivity index is 1.88. The molecule has 1 N–H and O–H groups in total. The molecule has 150 valence electrons. The summed E-state index contributed by atoms with van der Waals surface area (Å²) >= 11 is 0. The van der Waals surface area contributed by atoms with E-state index in [1.807, 2.05) is 0 Å². The van der Waals surface area contributed by atoms with Crippen molar-refractivity contribution in [1.82, 2.24) is 5.32 Å². The van der Waals surface area contributed by atoms with Gasteiger partial charge in [0.05, 0.1) is 21.3 Å². The van der Waals surface area contributed by atoms with Crippen molar-refractivity contribution in [2.45, 2.75) is 57.6 Å². The monoisotopic (exact) mass is 379 g/mol. The standard InChI is InChI=1S/C20H29NO6/c1-13(20(23)21-15-7-5-6-8-15)27-18(22)10-9-14-11-16(24-2)19(26-4)17(12-14)25-3/h11-13,15H,5-10H2,1-4H3,(H,21,23)/t13-/m0/s1. The van der Waals surface area contributed by atoms with E-state index in [1.54, 1.807) is 33.3 Å². The summed E-state index contributed by atoms with van der Waals surface area (Å²) in [6, 6.07) is 3.80. The molecular formula is C20H29NO6. The van der Waals surface area contributed by atoms with Crippen molar-refractivity contribution in [1.29, 1.82) is 0 Å². The molecule has 1 aromatic rings. The molecule has 0 bridgehead atoms. The predicted octanol–water partition coefficient (Wildman–Crippen LogP) is 2.64. The van der Waals surface area contributed by atoms with Crippen LogP contribution in [0.3, 0.4) is 0 Å². The van der Waals surface area contributed by atoms with Crippen LogP contribution in [0.2, 0.25) is 0 Å². The molecule has 1 aliphatic rings. The number of ether oxygens (including phenoxy) is 4. The van der Waals surface area contributed by atoms with Crippen molar-refractivity contribution in [2.24, 2.45) is 0 Å². The van der Waals surface area contributed by atoms with Crippen molar-refractivity contribution in [3.8, 4) is 17.2 Å². The molecule has 0 aromatic heterocycles. The van der Waals surface area contributed by atoms with Crippen molar-refractivity contribution in [3.63, 3.8) is 0 Å². The summed E-state index contributed by atoms with van der Waals surface area (Å²) in [5, 5.41) is 2.94. The molecule has 2 rings (SSSR count). The number of hydrogen-bond donors (Lipinski definition) is 1. The highest BCUT2D eigenvalue weighted by Crippen LogP contribution is 2.38. The largest absolute Gasteiger partial charge is 0.493 e. The van der Waals surface area contributed by atoms with Gasteiger partial charge in [-0.05, 0) is 43.9 Å². The van der Waals surface area contributed by atoms with E-state index in [0.29, 0.717) is 23.7 Å². The summed E-state index contributed by atoms with van der Waals surface area (Å²) in [5.41, 5.74) is 0.851. The van der Waals surface area contributed by atoms with E-state index in [4.69, 9.17) is 18.9 Å². The zero-order chi connectivity index (χ0) is 19.8. The first-order chi connectivity index (χ1) is 13.0. The van der Waals surface area contributed by atoms with Crippen LogP contribution in [0.1, 0.15) is 44.6 Å². The molecule has 0 spiro atoms. The Morgan fingerprint density at radius 3 is 2.19 bits per heavy atom. The van der Waals surface area contributed by atoms with Crippen molar-refractivity contribution >= 4 is 11.9 Å². The summed E-state index contributed by atoms with van der Waals surface area (Å²) in [7, 11) is 4.62. The minimum atomic E-state index is -0.793. The molecule has 1 amide bonds. The molecule has 1 fully saturated rings. The number of rotatable bonds is 9. The van der Waals surface area contributed by atoms with Gasteiger partial charge in [0.2, 0.25) is 5.75 Å². The lowest BCUT2D eigenvalue weighted by Crippen LogP contribution is -2.40. The van der Waals surface area contributed by atoms with Crippen LogP contribution >= 0.6 is 0 Å². The van der Waals surface area contributed by atoms with E-state index in [2.05, 4.69) is 5.32 Å². The van der Waals surface area contributed by atoms with Crippen LogP contribution in [-0.4, -0.2) is 45.4 Å². The molecule has 1 aromatic carbocycles. The fraction of sp³-hybridized carbons (Fsp3) is 0.600. The van der Waals surface area contributed by atoms with Crippen LogP contribution in [-0.2, 0) is 20.7 Å². The average molecular weight is 379 g/mol. The van der Waals surface area contributed by atoms with Crippen LogP contribution in [0.5, 0.6) is 17.2 Å². The Kier molecular flexibility index (Phi) is 7.76. The first-order valence-electron chi connectivity index (χ1n) is 9.27. The smallest absolute Gasteiger partial charge is 0.306 e. The number of carbonyl (C=O) groups is 2. The zero-order valence-corrected chi connectivity index (χ0v) is 16.5. The van der Waals surface area contributed by atoms with Gasteiger partial charge in [-0.3, -0.25) is 9.59 Å². The molecule has 1 aliphatic carbocycles. The first kappa shape index (κ1) is 20.9. The molecule has 0 saturated heterocycles. The molecule has 1 saturated carbocycles. The lowest BCUT2D eigenvalue weighted by Gasteiger charge is -2.17. The van der Waals surface area contributed by atoms with Gasteiger partial charge in [0.25, 0.3) is 5.91 Å². The number of esters is 1. The van der Waals surface area contributed by atoms with Gasteiger partial charge in [0, 0.05) is 12.5 Å². The van der Waals surface area contributed by atoms with E-state index in [9.17, 15) is 9.59 Å². The Hall–Kier alpha value is -2.44. The quantitative estimate of drug-likeness (QED) is 0.664. The normalized spacial score (nSPS) is 15.1. The number of benzene rings is 1. The third-order valence-corrected chi connectivity index (χ3v) is 4.72. The number of carbonyl (C=O) groups excluding carboxylic acids is 2. The van der Waals surface area contributed by atoms with E-state index >= 15 is 0 Å². The molecule has 1 atom stereocenters. The summed E-state index contributed by atoms with van der Waals surface area (Å²) in [6.45, 7) is 1.60. The van der Waals surface area contributed by atoms with Crippen molar-refractivity contribution in [3.05, 3.63) is 17.7 Å². The molecule has 27 heavy (non-hydrogen) atoms. The molecule has 7 heteroatoms. The highest BCUT2D eigenvalue weighted by Gasteiger charge is 2.23. The third-order valence-electron chi connectivity index (χ3n) is 4.72. The van der Waals surface area contributed by atoms with Gasteiger partial charge in [-0.2, -0.15) is 0 Å². The molecule has 0 radical (unpaired) electrons. The van der Waals surface area contributed by atoms with Crippen molar-refractivity contribution in [2.75, 3.05) is 21.3 Å². The third kappa shape index (κ3) is 5.77. The van der Waals surface area contributed by atoms with Gasteiger partial charge in [-0.1, -0.05) is 12.8 Å². The second kappa shape index (κ2) is 10.0. The maximum Gasteiger partial charge on any atom is 0.306 e. The predicted molar refractivity (Wildman–Crippen MR) is 100 cm³/mol. The van der Waals surface area contributed by atoms with E-state index < -0.39 is 12.1 Å². The Morgan fingerprint density at radius 1 is 1.07 bits per heavy atom. The number of nitrogens with one attached hydrogen (secondary N) is 1. The summed E-state index contributed by atoms with van der Waals surface area (Å²) in [6.07, 6.45) is 4.05. The fourth-order valence-corrected chi connectivity index (χ4v) is 3.22. The molecular weight excluding hydrogens is 350 g/mol. The second-order valence-corrected chi connectivity index (χ2v) is 6.66. The maximum absolute atomic E-state index is 12.1. The van der Waals surface area contributed by atoms with Crippen LogP contribution in [0, 0.1) is 0 Å². The highest BCUT2D eigenvalue weighted by atomic mass is 16.5. The van der Waals surface area contributed by atoms with Gasteiger partial charge in [0.1, 0.15) is 0 Å². The minimum Gasteiger partial charge on any atom is -0.493 e. The zero-order valence-electron chi connectivity index (χ0n) is 16.5. The second-order valence-electron chi connectivity index (χ2n) is 6.66. The lowest BCUT2D eigenvalue weighted by molar-refractivity contribution is -0.155. The van der Waals surface area contributed by atoms with E-state index in [1.165, 1.54) is 7.11 Å². The number of hydrogen-bond acceptors (Lipinski definition) is 6. The lowest BCUT2D eigenvalue weighted by atomic mass is 10.1. The van der Waals surface area contributed by atoms with Crippen LogP contribution < -0.4 is 19.5 Å². The van der Waals surface area contributed by atoms with Gasteiger partial charge >= 0.3 is 5.97 Å².